The Morgan fingerprint density at radius 3 is 2.50 bits per heavy atom. The van der Waals surface area contributed by atoms with Crippen LogP contribution in [0.4, 0.5) is 0 Å². The fraction of sp³-hybridized carbons (Fsp3) is 0.647. The molecule has 1 fully saturated rings. The number of benzene rings is 1. The van der Waals surface area contributed by atoms with Crippen molar-refractivity contribution in [2.75, 3.05) is 20.1 Å². The van der Waals surface area contributed by atoms with Crippen molar-refractivity contribution in [1.82, 2.24) is 10.2 Å². The quantitative estimate of drug-likeness (QED) is 0.808. The van der Waals surface area contributed by atoms with Gasteiger partial charge in [0.25, 0.3) is 0 Å². The summed E-state index contributed by atoms with van der Waals surface area (Å²) in [6.07, 6.45) is 6.72. The Morgan fingerprint density at radius 1 is 1.25 bits per heavy atom. The van der Waals surface area contributed by atoms with E-state index in [0.29, 0.717) is 6.04 Å². The van der Waals surface area contributed by atoms with E-state index in [1.807, 2.05) is 12.1 Å². The van der Waals surface area contributed by atoms with E-state index in [1.54, 1.807) is 0 Å². The highest BCUT2D eigenvalue weighted by Crippen LogP contribution is 2.24. The van der Waals surface area contributed by atoms with Gasteiger partial charge in [-0.2, -0.15) is 0 Å². The molecule has 1 aliphatic rings. The molecule has 0 heterocycles. The van der Waals surface area contributed by atoms with Crippen LogP contribution in [0, 0.1) is 0 Å². The Bertz CT molecular complexity index is 384. The van der Waals surface area contributed by atoms with Crippen molar-refractivity contribution in [3.8, 4) is 0 Å². The minimum absolute atomic E-state index is 0.432. The molecular formula is C17H27ClN2. The Morgan fingerprint density at radius 2 is 1.90 bits per heavy atom. The minimum atomic E-state index is 0.432. The summed E-state index contributed by atoms with van der Waals surface area (Å²) in [5.41, 5.74) is 1.34. The third-order valence-corrected chi connectivity index (χ3v) is 4.69. The number of nitrogens with zero attached hydrogens (tertiary/aromatic N) is 1. The average molecular weight is 295 g/mol. The second-order valence-corrected chi connectivity index (χ2v) is 6.31. The molecule has 20 heavy (non-hydrogen) atoms. The maximum absolute atomic E-state index is 5.98. The van der Waals surface area contributed by atoms with E-state index in [-0.39, 0.29) is 0 Å². The van der Waals surface area contributed by atoms with Gasteiger partial charge in [0.05, 0.1) is 0 Å². The zero-order chi connectivity index (χ0) is 14.4. The molecule has 112 valence electrons. The molecule has 1 saturated carbocycles. The highest BCUT2D eigenvalue weighted by molar-refractivity contribution is 6.30. The van der Waals surface area contributed by atoms with Gasteiger partial charge < -0.3 is 10.2 Å². The zero-order valence-corrected chi connectivity index (χ0v) is 13.5. The summed E-state index contributed by atoms with van der Waals surface area (Å²) < 4.78 is 0. The lowest BCUT2D eigenvalue weighted by atomic mass is 10.0. The van der Waals surface area contributed by atoms with Crippen LogP contribution in [0.15, 0.2) is 24.3 Å². The first-order valence-corrected chi connectivity index (χ1v) is 8.27. The van der Waals surface area contributed by atoms with Crippen molar-refractivity contribution in [2.45, 2.75) is 51.1 Å². The molecule has 1 aliphatic carbocycles. The van der Waals surface area contributed by atoms with Crippen molar-refractivity contribution in [2.24, 2.45) is 0 Å². The van der Waals surface area contributed by atoms with Gasteiger partial charge >= 0.3 is 0 Å². The van der Waals surface area contributed by atoms with Gasteiger partial charge in [-0.05, 0) is 57.1 Å². The van der Waals surface area contributed by atoms with Crippen molar-refractivity contribution in [1.29, 1.82) is 0 Å². The molecule has 0 bridgehead atoms. The predicted molar refractivity (Wildman–Crippen MR) is 87.4 cm³/mol. The molecule has 1 unspecified atom stereocenters. The second-order valence-electron chi connectivity index (χ2n) is 5.87. The largest absolute Gasteiger partial charge is 0.310 e. The van der Waals surface area contributed by atoms with Crippen LogP contribution in [0.1, 0.15) is 50.6 Å². The summed E-state index contributed by atoms with van der Waals surface area (Å²) >= 11 is 5.98. The normalized spacial score (nSPS) is 17.8. The molecule has 2 rings (SSSR count). The van der Waals surface area contributed by atoms with E-state index >= 15 is 0 Å². The molecular weight excluding hydrogens is 268 g/mol. The van der Waals surface area contributed by atoms with Gasteiger partial charge in [-0.3, -0.25) is 0 Å². The van der Waals surface area contributed by atoms with E-state index in [9.17, 15) is 0 Å². The van der Waals surface area contributed by atoms with Gasteiger partial charge in [0.15, 0.2) is 0 Å². The maximum atomic E-state index is 5.98. The van der Waals surface area contributed by atoms with E-state index in [1.165, 1.54) is 31.2 Å². The summed E-state index contributed by atoms with van der Waals surface area (Å²) in [7, 11) is 2.28. The number of hydrogen-bond acceptors (Lipinski definition) is 2. The monoisotopic (exact) mass is 294 g/mol. The molecule has 3 heteroatoms. The van der Waals surface area contributed by atoms with E-state index in [4.69, 9.17) is 11.6 Å². The third-order valence-electron chi connectivity index (χ3n) is 4.44. The first-order valence-electron chi connectivity index (χ1n) is 7.89. The molecule has 2 nitrogen and oxygen atoms in total. The SMILES string of the molecule is CCNC(CCN(C)C1CCCC1)c1ccc(Cl)cc1. The number of hydrogen-bond donors (Lipinski definition) is 1. The molecule has 1 aromatic carbocycles. The molecule has 1 aromatic rings. The van der Waals surface area contributed by atoms with E-state index in [0.717, 1.165) is 30.6 Å². The summed E-state index contributed by atoms with van der Waals surface area (Å²) in [5.74, 6) is 0. The zero-order valence-electron chi connectivity index (χ0n) is 12.7. The lowest BCUT2D eigenvalue weighted by Crippen LogP contribution is -2.33. The van der Waals surface area contributed by atoms with E-state index in [2.05, 4.69) is 36.3 Å². The topological polar surface area (TPSA) is 15.3 Å². The van der Waals surface area contributed by atoms with Gasteiger partial charge in [-0.25, -0.2) is 0 Å². The Hall–Kier alpha value is -0.570. The smallest absolute Gasteiger partial charge is 0.0406 e. The highest BCUT2D eigenvalue weighted by Gasteiger charge is 2.20. The Labute approximate surface area is 128 Å². The first kappa shape index (κ1) is 15.8. The van der Waals surface area contributed by atoms with Crippen LogP contribution in [-0.2, 0) is 0 Å². The van der Waals surface area contributed by atoms with Gasteiger partial charge in [0.1, 0.15) is 0 Å². The highest BCUT2D eigenvalue weighted by atomic mass is 35.5. The van der Waals surface area contributed by atoms with Gasteiger partial charge in [0, 0.05) is 17.1 Å². The second kappa shape index (κ2) is 8.02. The van der Waals surface area contributed by atoms with Crippen LogP contribution < -0.4 is 5.32 Å². The van der Waals surface area contributed by atoms with Gasteiger partial charge in [0.2, 0.25) is 0 Å². The fourth-order valence-corrected chi connectivity index (χ4v) is 3.31. The summed E-state index contributed by atoms with van der Waals surface area (Å²) in [4.78, 5) is 2.55. The molecule has 1 atom stereocenters. The summed E-state index contributed by atoms with van der Waals surface area (Å²) in [5, 5.41) is 4.41. The van der Waals surface area contributed by atoms with Gasteiger partial charge in [-0.1, -0.05) is 43.5 Å². The van der Waals surface area contributed by atoms with Crippen molar-refractivity contribution >= 4 is 11.6 Å². The number of rotatable bonds is 7. The average Bonchev–Trinajstić information content (AvgIpc) is 2.98. The lowest BCUT2D eigenvalue weighted by molar-refractivity contribution is 0.232. The van der Waals surface area contributed by atoms with Crippen LogP contribution >= 0.6 is 11.6 Å². The predicted octanol–water partition coefficient (Wildman–Crippen LogP) is 4.26. The summed E-state index contributed by atoms with van der Waals surface area (Å²) in [6.45, 7) is 4.33. The fourth-order valence-electron chi connectivity index (χ4n) is 3.19. The van der Waals surface area contributed by atoms with Crippen molar-refractivity contribution in [3.05, 3.63) is 34.9 Å². The number of halogens is 1. The third kappa shape index (κ3) is 4.47. The molecule has 0 aliphatic heterocycles. The molecule has 1 N–H and O–H groups in total. The molecule has 0 aromatic heterocycles. The molecule has 0 radical (unpaired) electrons. The maximum Gasteiger partial charge on any atom is 0.0406 e. The first-order chi connectivity index (χ1) is 9.70. The Balaban J connectivity index is 1.89. The molecule has 0 amide bonds. The van der Waals surface area contributed by atoms with Crippen LogP contribution in [0.5, 0.6) is 0 Å². The standard InChI is InChI=1S/C17H27ClN2/c1-3-19-17(14-8-10-15(18)11-9-14)12-13-20(2)16-6-4-5-7-16/h8-11,16-17,19H,3-7,12-13H2,1-2H3. The number of nitrogens with one attached hydrogen (secondary N) is 1. The van der Waals surface area contributed by atoms with E-state index < -0.39 is 0 Å². The van der Waals surface area contributed by atoms with Crippen LogP contribution in [0.3, 0.4) is 0 Å². The van der Waals surface area contributed by atoms with Gasteiger partial charge in [-0.15, -0.1) is 0 Å². The molecule has 0 spiro atoms. The van der Waals surface area contributed by atoms with Crippen LogP contribution in [0.2, 0.25) is 5.02 Å². The summed E-state index contributed by atoms with van der Waals surface area (Å²) in [6, 6.07) is 9.50. The Kier molecular flexibility index (Phi) is 6.34. The van der Waals surface area contributed by atoms with Crippen LogP contribution in [-0.4, -0.2) is 31.1 Å². The van der Waals surface area contributed by atoms with Crippen molar-refractivity contribution < 1.29 is 0 Å². The molecule has 0 saturated heterocycles. The van der Waals surface area contributed by atoms with Crippen molar-refractivity contribution in [3.63, 3.8) is 0 Å². The lowest BCUT2D eigenvalue weighted by Gasteiger charge is -2.27. The minimum Gasteiger partial charge on any atom is -0.310 e. The van der Waals surface area contributed by atoms with Crippen LogP contribution in [0.25, 0.3) is 0 Å².